The SMILES string of the molecule is CN=C(NCc1cc(F)ccc1Br)NC1CCN(C(=O)C2CCCCC2)C1. The topological polar surface area (TPSA) is 56.7 Å². The Morgan fingerprint density at radius 1 is 1.30 bits per heavy atom. The summed E-state index contributed by atoms with van der Waals surface area (Å²) in [5.41, 5.74) is 0.832. The number of aliphatic imine (C=N–C) groups is 1. The van der Waals surface area contributed by atoms with Crippen LogP contribution in [0.1, 0.15) is 44.1 Å². The van der Waals surface area contributed by atoms with Crippen molar-refractivity contribution in [1.82, 2.24) is 15.5 Å². The molecule has 2 aliphatic rings. The maximum absolute atomic E-state index is 13.4. The smallest absolute Gasteiger partial charge is 0.225 e. The molecule has 1 aromatic carbocycles. The molecule has 1 aliphatic carbocycles. The summed E-state index contributed by atoms with van der Waals surface area (Å²) in [6.45, 7) is 1.99. The number of benzene rings is 1. The Kier molecular flexibility index (Phi) is 7.10. The summed E-state index contributed by atoms with van der Waals surface area (Å²) in [4.78, 5) is 19.0. The average Bonchev–Trinajstić information content (AvgIpc) is 3.16. The van der Waals surface area contributed by atoms with Crippen molar-refractivity contribution >= 4 is 27.8 Å². The third-order valence-corrected chi connectivity index (χ3v) is 6.25. The van der Waals surface area contributed by atoms with E-state index in [1.54, 1.807) is 13.1 Å². The molecule has 1 heterocycles. The maximum atomic E-state index is 13.4. The lowest BCUT2D eigenvalue weighted by Crippen LogP contribution is -2.45. The lowest BCUT2D eigenvalue weighted by molar-refractivity contribution is -0.135. The van der Waals surface area contributed by atoms with Crippen molar-refractivity contribution < 1.29 is 9.18 Å². The van der Waals surface area contributed by atoms with Crippen LogP contribution in [0.25, 0.3) is 0 Å². The van der Waals surface area contributed by atoms with Gasteiger partial charge in [0.15, 0.2) is 5.96 Å². The van der Waals surface area contributed by atoms with Crippen molar-refractivity contribution in [3.8, 4) is 0 Å². The highest BCUT2D eigenvalue weighted by Crippen LogP contribution is 2.26. The predicted octanol–water partition coefficient (Wildman–Crippen LogP) is 3.43. The van der Waals surface area contributed by atoms with E-state index in [4.69, 9.17) is 0 Å². The third kappa shape index (κ3) is 5.43. The van der Waals surface area contributed by atoms with Gasteiger partial charge in [0, 0.05) is 43.1 Å². The van der Waals surface area contributed by atoms with E-state index in [0.29, 0.717) is 18.4 Å². The summed E-state index contributed by atoms with van der Waals surface area (Å²) < 4.78 is 14.3. The highest BCUT2D eigenvalue weighted by molar-refractivity contribution is 9.10. The monoisotopic (exact) mass is 438 g/mol. The van der Waals surface area contributed by atoms with E-state index in [1.165, 1.54) is 31.4 Å². The Morgan fingerprint density at radius 2 is 2.07 bits per heavy atom. The van der Waals surface area contributed by atoms with Crippen LogP contribution in [-0.2, 0) is 11.3 Å². The minimum absolute atomic E-state index is 0.194. The van der Waals surface area contributed by atoms with Gasteiger partial charge in [-0.1, -0.05) is 35.2 Å². The van der Waals surface area contributed by atoms with E-state index in [2.05, 4.69) is 31.6 Å². The fraction of sp³-hybridized carbons (Fsp3) is 0.600. The molecule has 1 saturated carbocycles. The van der Waals surface area contributed by atoms with Crippen LogP contribution in [0.2, 0.25) is 0 Å². The number of nitrogens with zero attached hydrogens (tertiary/aromatic N) is 2. The number of carbonyl (C=O) groups is 1. The molecule has 1 saturated heterocycles. The van der Waals surface area contributed by atoms with Gasteiger partial charge < -0.3 is 15.5 Å². The first-order valence-corrected chi connectivity index (χ1v) is 10.6. The van der Waals surface area contributed by atoms with Gasteiger partial charge in [-0.3, -0.25) is 9.79 Å². The second-order valence-electron chi connectivity index (χ2n) is 7.41. The van der Waals surface area contributed by atoms with Gasteiger partial charge in [-0.25, -0.2) is 4.39 Å². The van der Waals surface area contributed by atoms with Gasteiger partial charge >= 0.3 is 0 Å². The lowest BCUT2D eigenvalue weighted by Gasteiger charge is -2.26. The Bertz CT molecular complexity index is 691. The van der Waals surface area contributed by atoms with Gasteiger partial charge in [0.05, 0.1) is 0 Å². The van der Waals surface area contributed by atoms with Crippen molar-refractivity contribution in [2.45, 2.75) is 51.1 Å². The van der Waals surface area contributed by atoms with Crippen LogP contribution >= 0.6 is 15.9 Å². The molecule has 1 atom stereocenters. The largest absolute Gasteiger partial charge is 0.352 e. The second-order valence-corrected chi connectivity index (χ2v) is 8.26. The first-order chi connectivity index (χ1) is 13.1. The minimum atomic E-state index is -0.259. The van der Waals surface area contributed by atoms with E-state index in [-0.39, 0.29) is 17.8 Å². The zero-order valence-electron chi connectivity index (χ0n) is 15.8. The number of nitrogens with one attached hydrogen (secondary N) is 2. The standard InChI is InChI=1S/C20H28BrFN4O/c1-23-20(24-12-15-11-16(22)7-8-18(15)21)25-17-9-10-26(13-17)19(27)14-5-3-2-4-6-14/h7-8,11,14,17H,2-6,9-10,12-13H2,1H3,(H2,23,24,25). The minimum Gasteiger partial charge on any atom is -0.352 e. The number of hydrogen-bond donors (Lipinski definition) is 2. The van der Waals surface area contributed by atoms with Gasteiger partial charge in [-0.15, -0.1) is 0 Å². The third-order valence-electron chi connectivity index (χ3n) is 5.47. The van der Waals surface area contributed by atoms with E-state index in [0.717, 1.165) is 42.4 Å². The molecule has 1 unspecified atom stereocenters. The van der Waals surface area contributed by atoms with Crippen LogP contribution in [0.5, 0.6) is 0 Å². The Hall–Kier alpha value is -1.63. The lowest BCUT2D eigenvalue weighted by atomic mass is 9.88. The number of rotatable bonds is 4. The summed E-state index contributed by atoms with van der Waals surface area (Å²) >= 11 is 3.44. The number of carbonyl (C=O) groups excluding carboxylic acids is 1. The number of amides is 1. The summed E-state index contributed by atoms with van der Waals surface area (Å²) in [5, 5.41) is 6.62. The van der Waals surface area contributed by atoms with Crippen LogP contribution in [0.3, 0.4) is 0 Å². The second kappa shape index (κ2) is 9.53. The zero-order chi connectivity index (χ0) is 19.2. The average molecular weight is 439 g/mol. The quantitative estimate of drug-likeness (QED) is 0.559. The molecule has 2 fully saturated rings. The summed E-state index contributed by atoms with van der Waals surface area (Å²) in [7, 11) is 1.72. The van der Waals surface area contributed by atoms with E-state index in [9.17, 15) is 9.18 Å². The molecule has 1 aliphatic heterocycles. The van der Waals surface area contributed by atoms with Crippen molar-refractivity contribution in [2.24, 2.45) is 10.9 Å². The Balaban J connectivity index is 1.49. The molecule has 0 spiro atoms. The molecular formula is C20H28BrFN4O. The van der Waals surface area contributed by atoms with E-state index >= 15 is 0 Å². The molecule has 3 rings (SSSR count). The van der Waals surface area contributed by atoms with Gasteiger partial charge in [-0.05, 0) is 43.0 Å². The Labute approximate surface area is 168 Å². The fourth-order valence-corrected chi connectivity index (χ4v) is 4.32. The molecule has 1 aromatic rings. The molecule has 27 heavy (non-hydrogen) atoms. The number of halogens is 2. The summed E-state index contributed by atoms with van der Waals surface area (Å²) in [5.74, 6) is 0.958. The number of likely N-dealkylation sites (tertiary alicyclic amines) is 1. The predicted molar refractivity (Wildman–Crippen MR) is 109 cm³/mol. The fourth-order valence-electron chi connectivity index (χ4n) is 3.93. The van der Waals surface area contributed by atoms with Crippen LogP contribution in [0, 0.1) is 11.7 Å². The van der Waals surface area contributed by atoms with Crippen LogP contribution in [0.15, 0.2) is 27.7 Å². The molecular weight excluding hydrogens is 411 g/mol. The van der Waals surface area contributed by atoms with Crippen molar-refractivity contribution in [1.29, 1.82) is 0 Å². The molecule has 148 valence electrons. The number of hydrogen-bond acceptors (Lipinski definition) is 2. The molecule has 0 radical (unpaired) electrons. The van der Waals surface area contributed by atoms with Gasteiger partial charge in [-0.2, -0.15) is 0 Å². The van der Waals surface area contributed by atoms with Gasteiger partial charge in [0.1, 0.15) is 5.82 Å². The molecule has 0 aromatic heterocycles. The van der Waals surface area contributed by atoms with Crippen LogP contribution in [0.4, 0.5) is 4.39 Å². The zero-order valence-corrected chi connectivity index (χ0v) is 17.4. The Morgan fingerprint density at radius 3 is 2.81 bits per heavy atom. The van der Waals surface area contributed by atoms with Crippen LogP contribution < -0.4 is 10.6 Å². The van der Waals surface area contributed by atoms with E-state index in [1.807, 2.05) is 4.90 Å². The molecule has 1 amide bonds. The summed E-state index contributed by atoms with van der Waals surface area (Å²) in [6.07, 6.45) is 6.62. The highest BCUT2D eigenvalue weighted by Gasteiger charge is 2.31. The van der Waals surface area contributed by atoms with Crippen molar-refractivity contribution in [3.63, 3.8) is 0 Å². The molecule has 7 heteroatoms. The molecule has 5 nitrogen and oxygen atoms in total. The maximum Gasteiger partial charge on any atom is 0.225 e. The van der Waals surface area contributed by atoms with Gasteiger partial charge in [0.25, 0.3) is 0 Å². The normalized spacial score (nSPS) is 21.4. The van der Waals surface area contributed by atoms with Crippen LogP contribution in [-0.4, -0.2) is 42.9 Å². The first-order valence-electron chi connectivity index (χ1n) is 9.76. The van der Waals surface area contributed by atoms with Gasteiger partial charge in [0.2, 0.25) is 5.91 Å². The number of guanidine groups is 1. The summed E-state index contributed by atoms with van der Waals surface area (Å²) in [6, 6.07) is 4.83. The molecule has 0 bridgehead atoms. The van der Waals surface area contributed by atoms with Crippen molar-refractivity contribution in [2.75, 3.05) is 20.1 Å². The molecule has 2 N–H and O–H groups in total. The van der Waals surface area contributed by atoms with E-state index < -0.39 is 0 Å². The van der Waals surface area contributed by atoms with Crippen molar-refractivity contribution in [3.05, 3.63) is 34.1 Å². The first kappa shape index (κ1) is 20.1. The highest BCUT2D eigenvalue weighted by atomic mass is 79.9.